The third-order valence-corrected chi connectivity index (χ3v) is 4.22. The standard InChI is InChI=1S/C14H19ClN2O/c1-9-4-2-6-11(13(9)15)14(18)17-12-7-3-5-10(12)8-16/h2,4,6,10,12H,3,5,7-8,16H2,1H3,(H,17,18). The second-order valence-electron chi connectivity index (χ2n) is 4.94. The largest absolute Gasteiger partial charge is 0.349 e. The van der Waals surface area contributed by atoms with Crippen molar-refractivity contribution in [3.05, 3.63) is 34.3 Å². The summed E-state index contributed by atoms with van der Waals surface area (Å²) in [6.07, 6.45) is 3.24. The Balaban J connectivity index is 2.10. The Hall–Kier alpha value is -1.06. The summed E-state index contributed by atoms with van der Waals surface area (Å²) in [5, 5.41) is 3.60. The number of carbonyl (C=O) groups is 1. The summed E-state index contributed by atoms with van der Waals surface area (Å²) in [5.41, 5.74) is 7.19. The van der Waals surface area contributed by atoms with Crippen molar-refractivity contribution in [1.82, 2.24) is 5.32 Å². The summed E-state index contributed by atoms with van der Waals surface area (Å²) < 4.78 is 0. The zero-order valence-electron chi connectivity index (χ0n) is 10.6. The van der Waals surface area contributed by atoms with Crippen LogP contribution in [0.4, 0.5) is 0 Å². The van der Waals surface area contributed by atoms with Gasteiger partial charge in [0.15, 0.2) is 0 Å². The van der Waals surface area contributed by atoms with Gasteiger partial charge in [-0.05, 0) is 43.9 Å². The SMILES string of the molecule is Cc1cccc(C(=O)NC2CCCC2CN)c1Cl. The van der Waals surface area contributed by atoms with Crippen molar-refractivity contribution in [2.24, 2.45) is 11.7 Å². The van der Waals surface area contributed by atoms with Crippen LogP contribution in [0.2, 0.25) is 5.02 Å². The number of nitrogens with one attached hydrogen (secondary N) is 1. The number of rotatable bonds is 3. The first-order valence-electron chi connectivity index (χ1n) is 6.39. The molecular formula is C14H19ClN2O. The number of amides is 1. The molecule has 0 aliphatic heterocycles. The van der Waals surface area contributed by atoms with E-state index in [-0.39, 0.29) is 11.9 Å². The molecule has 98 valence electrons. The van der Waals surface area contributed by atoms with Crippen LogP contribution < -0.4 is 11.1 Å². The van der Waals surface area contributed by atoms with E-state index in [2.05, 4.69) is 5.32 Å². The van der Waals surface area contributed by atoms with Gasteiger partial charge in [-0.15, -0.1) is 0 Å². The molecule has 2 unspecified atom stereocenters. The third kappa shape index (κ3) is 2.68. The predicted octanol–water partition coefficient (Wildman–Crippen LogP) is 2.51. The number of hydrogen-bond acceptors (Lipinski definition) is 2. The minimum Gasteiger partial charge on any atom is -0.349 e. The number of aryl methyl sites for hydroxylation is 1. The summed E-state index contributed by atoms with van der Waals surface area (Å²) in [6.45, 7) is 2.53. The van der Waals surface area contributed by atoms with Crippen molar-refractivity contribution >= 4 is 17.5 Å². The van der Waals surface area contributed by atoms with Crippen molar-refractivity contribution in [3.8, 4) is 0 Å². The van der Waals surface area contributed by atoms with Crippen LogP contribution in [0.1, 0.15) is 35.2 Å². The first kappa shape index (κ1) is 13.4. The molecule has 1 saturated carbocycles. The molecule has 0 spiro atoms. The van der Waals surface area contributed by atoms with E-state index in [0.29, 0.717) is 23.0 Å². The summed E-state index contributed by atoms with van der Waals surface area (Å²) in [5.74, 6) is 0.312. The van der Waals surface area contributed by atoms with E-state index in [1.54, 1.807) is 6.07 Å². The quantitative estimate of drug-likeness (QED) is 0.883. The fraction of sp³-hybridized carbons (Fsp3) is 0.500. The fourth-order valence-corrected chi connectivity index (χ4v) is 2.79. The van der Waals surface area contributed by atoms with Crippen LogP contribution >= 0.6 is 11.6 Å². The van der Waals surface area contributed by atoms with Crippen LogP contribution in [0.3, 0.4) is 0 Å². The lowest BCUT2D eigenvalue weighted by Crippen LogP contribution is -2.40. The maximum absolute atomic E-state index is 12.2. The highest BCUT2D eigenvalue weighted by Crippen LogP contribution is 2.26. The van der Waals surface area contributed by atoms with Gasteiger partial charge in [-0.25, -0.2) is 0 Å². The Morgan fingerprint density at radius 3 is 3.00 bits per heavy atom. The molecule has 4 heteroatoms. The second-order valence-corrected chi connectivity index (χ2v) is 5.32. The Morgan fingerprint density at radius 2 is 2.28 bits per heavy atom. The highest BCUT2D eigenvalue weighted by molar-refractivity contribution is 6.34. The van der Waals surface area contributed by atoms with Gasteiger partial charge in [0.2, 0.25) is 0 Å². The molecule has 0 saturated heterocycles. The number of carbonyl (C=O) groups excluding carboxylic acids is 1. The number of hydrogen-bond donors (Lipinski definition) is 2. The maximum atomic E-state index is 12.2. The molecule has 1 aliphatic carbocycles. The van der Waals surface area contributed by atoms with E-state index in [1.165, 1.54) is 0 Å². The second kappa shape index (κ2) is 5.72. The Kier molecular flexibility index (Phi) is 4.25. The monoisotopic (exact) mass is 266 g/mol. The lowest BCUT2D eigenvalue weighted by molar-refractivity contribution is 0.0929. The highest BCUT2D eigenvalue weighted by atomic mass is 35.5. The smallest absolute Gasteiger partial charge is 0.253 e. The Labute approximate surface area is 113 Å². The molecule has 3 N–H and O–H groups in total. The van der Waals surface area contributed by atoms with Gasteiger partial charge >= 0.3 is 0 Å². The average molecular weight is 267 g/mol. The molecule has 0 aromatic heterocycles. The first-order valence-corrected chi connectivity index (χ1v) is 6.77. The molecule has 1 aliphatic rings. The normalized spacial score (nSPS) is 23.1. The zero-order valence-corrected chi connectivity index (χ0v) is 11.3. The van der Waals surface area contributed by atoms with Crippen LogP contribution in [0.5, 0.6) is 0 Å². The van der Waals surface area contributed by atoms with E-state index < -0.39 is 0 Å². The molecule has 1 aromatic carbocycles. The molecule has 1 amide bonds. The number of nitrogens with two attached hydrogens (primary N) is 1. The molecule has 18 heavy (non-hydrogen) atoms. The lowest BCUT2D eigenvalue weighted by Gasteiger charge is -2.20. The van der Waals surface area contributed by atoms with Gasteiger partial charge in [-0.1, -0.05) is 30.2 Å². The van der Waals surface area contributed by atoms with Gasteiger partial charge in [-0.2, -0.15) is 0 Å². The van der Waals surface area contributed by atoms with Gasteiger partial charge in [-0.3, -0.25) is 4.79 Å². The van der Waals surface area contributed by atoms with E-state index >= 15 is 0 Å². The molecule has 0 bridgehead atoms. The van der Waals surface area contributed by atoms with E-state index in [1.807, 2.05) is 19.1 Å². The molecule has 1 fully saturated rings. The summed E-state index contributed by atoms with van der Waals surface area (Å²) in [6, 6.07) is 5.71. The van der Waals surface area contributed by atoms with Gasteiger partial charge < -0.3 is 11.1 Å². The predicted molar refractivity (Wildman–Crippen MR) is 73.8 cm³/mol. The number of benzene rings is 1. The van der Waals surface area contributed by atoms with Crippen molar-refractivity contribution in [2.75, 3.05) is 6.54 Å². The van der Waals surface area contributed by atoms with Crippen LogP contribution in [0, 0.1) is 12.8 Å². The van der Waals surface area contributed by atoms with Crippen molar-refractivity contribution < 1.29 is 4.79 Å². The first-order chi connectivity index (χ1) is 8.63. The van der Waals surface area contributed by atoms with Crippen molar-refractivity contribution in [3.63, 3.8) is 0 Å². The average Bonchev–Trinajstić information content (AvgIpc) is 2.79. The lowest BCUT2D eigenvalue weighted by atomic mass is 10.0. The zero-order chi connectivity index (χ0) is 13.1. The van der Waals surface area contributed by atoms with E-state index in [0.717, 1.165) is 24.8 Å². The molecule has 0 radical (unpaired) electrons. The Morgan fingerprint density at radius 1 is 1.50 bits per heavy atom. The molecule has 0 heterocycles. The van der Waals surface area contributed by atoms with Gasteiger partial charge in [0.05, 0.1) is 10.6 Å². The molecule has 2 atom stereocenters. The minimum absolute atomic E-state index is 0.0888. The van der Waals surface area contributed by atoms with E-state index in [4.69, 9.17) is 17.3 Å². The van der Waals surface area contributed by atoms with Gasteiger partial charge in [0.25, 0.3) is 5.91 Å². The van der Waals surface area contributed by atoms with E-state index in [9.17, 15) is 4.79 Å². The third-order valence-electron chi connectivity index (χ3n) is 3.71. The van der Waals surface area contributed by atoms with Gasteiger partial charge in [0, 0.05) is 6.04 Å². The summed E-state index contributed by atoms with van der Waals surface area (Å²) >= 11 is 6.16. The molecule has 2 rings (SSSR count). The molecular weight excluding hydrogens is 248 g/mol. The fourth-order valence-electron chi connectivity index (χ4n) is 2.58. The minimum atomic E-state index is -0.0888. The topological polar surface area (TPSA) is 55.1 Å². The molecule has 3 nitrogen and oxygen atoms in total. The molecule has 1 aromatic rings. The Bertz CT molecular complexity index is 447. The summed E-state index contributed by atoms with van der Waals surface area (Å²) in [4.78, 5) is 12.2. The van der Waals surface area contributed by atoms with Crippen molar-refractivity contribution in [1.29, 1.82) is 0 Å². The number of halogens is 1. The van der Waals surface area contributed by atoms with Crippen LogP contribution in [0.25, 0.3) is 0 Å². The van der Waals surface area contributed by atoms with Crippen LogP contribution in [-0.2, 0) is 0 Å². The maximum Gasteiger partial charge on any atom is 0.253 e. The van der Waals surface area contributed by atoms with Gasteiger partial charge in [0.1, 0.15) is 0 Å². The highest BCUT2D eigenvalue weighted by Gasteiger charge is 2.28. The van der Waals surface area contributed by atoms with Crippen LogP contribution in [-0.4, -0.2) is 18.5 Å². The summed E-state index contributed by atoms with van der Waals surface area (Å²) in [7, 11) is 0. The van der Waals surface area contributed by atoms with Crippen LogP contribution in [0.15, 0.2) is 18.2 Å². The van der Waals surface area contributed by atoms with Crippen molar-refractivity contribution in [2.45, 2.75) is 32.2 Å².